The summed E-state index contributed by atoms with van der Waals surface area (Å²) in [7, 11) is 0. The van der Waals surface area contributed by atoms with Crippen molar-refractivity contribution in [3.05, 3.63) is 29.2 Å². The van der Waals surface area contributed by atoms with Crippen molar-refractivity contribution in [1.82, 2.24) is 30.1 Å². The van der Waals surface area contributed by atoms with Gasteiger partial charge in [0, 0.05) is 31.7 Å². The van der Waals surface area contributed by atoms with Gasteiger partial charge >= 0.3 is 0 Å². The van der Waals surface area contributed by atoms with E-state index in [1.165, 1.54) is 0 Å². The van der Waals surface area contributed by atoms with Crippen LogP contribution < -0.4 is 5.32 Å². The number of rotatable bonds is 5. The highest BCUT2D eigenvalue weighted by molar-refractivity contribution is 5.88. The third-order valence-electron chi connectivity index (χ3n) is 4.23. The van der Waals surface area contributed by atoms with E-state index in [4.69, 9.17) is 4.52 Å². The summed E-state index contributed by atoms with van der Waals surface area (Å²) in [5.74, 6) is 0.592. The van der Waals surface area contributed by atoms with Crippen LogP contribution in [0.5, 0.6) is 0 Å². The van der Waals surface area contributed by atoms with Crippen LogP contribution in [0.1, 0.15) is 29.5 Å². The van der Waals surface area contributed by atoms with Gasteiger partial charge in [-0.05, 0) is 26.8 Å². The zero-order chi connectivity index (χ0) is 18.0. The van der Waals surface area contributed by atoms with E-state index >= 15 is 0 Å². The maximum absolute atomic E-state index is 12.7. The van der Waals surface area contributed by atoms with Crippen molar-refractivity contribution in [2.45, 2.75) is 46.2 Å². The first-order valence-electron chi connectivity index (χ1n) is 8.31. The number of carbonyl (C=O) groups is 2. The average Bonchev–Trinajstić information content (AvgIpc) is 3.11. The fourth-order valence-electron chi connectivity index (χ4n) is 3.05. The first kappa shape index (κ1) is 17.1. The molecule has 1 fully saturated rings. The number of hydrogen-bond acceptors (Lipinski definition) is 6. The summed E-state index contributed by atoms with van der Waals surface area (Å²) >= 11 is 0. The smallest absolute Gasteiger partial charge is 0.243 e. The molecule has 1 saturated heterocycles. The van der Waals surface area contributed by atoms with Crippen LogP contribution in [-0.2, 0) is 22.6 Å². The predicted molar refractivity (Wildman–Crippen MR) is 87.6 cm³/mol. The van der Waals surface area contributed by atoms with E-state index in [2.05, 4.69) is 20.6 Å². The highest BCUT2D eigenvalue weighted by atomic mass is 16.5. The molecule has 2 aromatic heterocycles. The van der Waals surface area contributed by atoms with Crippen molar-refractivity contribution >= 4 is 11.8 Å². The second kappa shape index (κ2) is 7.04. The van der Waals surface area contributed by atoms with Gasteiger partial charge in [-0.15, -0.1) is 0 Å². The molecular weight excluding hydrogens is 324 g/mol. The SMILES string of the molecule is Cc1cc(C)n(CCC(=O)N2CCNC(=O)C2Cc2nc(C)no2)n1. The molecule has 1 aliphatic heterocycles. The fourth-order valence-corrected chi connectivity index (χ4v) is 3.05. The molecule has 2 amide bonds. The number of carbonyl (C=O) groups excluding carboxylic acids is 2. The normalized spacial score (nSPS) is 17.6. The topological polar surface area (TPSA) is 106 Å². The second-order valence-corrected chi connectivity index (χ2v) is 6.23. The minimum absolute atomic E-state index is 0.0800. The summed E-state index contributed by atoms with van der Waals surface area (Å²) in [5.41, 5.74) is 1.94. The lowest BCUT2D eigenvalue weighted by molar-refractivity contribution is -0.143. The van der Waals surface area contributed by atoms with Crippen molar-refractivity contribution in [1.29, 1.82) is 0 Å². The molecule has 0 aliphatic carbocycles. The monoisotopic (exact) mass is 346 g/mol. The quantitative estimate of drug-likeness (QED) is 0.826. The Morgan fingerprint density at radius 3 is 2.84 bits per heavy atom. The van der Waals surface area contributed by atoms with Gasteiger partial charge in [-0.2, -0.15) is 10.1 Å². The zero-order valence-corrected chi connectivity index (χ0v) is 14.7. The molecular formula is C16H22N6O3. The van der Waals surface area contributed by atoms with E-state index in [0.29, 0.717) is 31.3 Å². The van der Waals surface area contributed by atoms with E-state index in [1.54, 1.807) is 11.8 Å². The lowest BCUT2D eigenvalue weighted by Crippen LogP contribution is -2.58. The molecule has 9 nitrogen and oxygen atoms in total. The molecule has 0 saturated carbocycles. The van der Waals surface area contributed by atoms with Crippen LogP contribution in [0.2, 0.25) is 0 Å². The van der Waals surface area contributed by atoms with E-state index in [0.717, 1.165) is 11.4 Å². The van der Waals surface area contributed by atoms with Gasteiger partial charge in [-0.3, -0.25) is 14.3 Å². The molecule has 1 atom stereocenters. The van der Waals surface area contributed by atoms with Crippen LogP contribution in [0, 0.1) is 20.8 Å². The maximum atomic E-state index is 12.7. The van der Waals surface area contributed by atoms with Crippen LogP contribution in [0.4, 0.5) is 0 Å². The Balaban J connectivity index is 1.67. The van der Waals surface area contributed by atoms with Gasteiger partial charge in [-0.1, -0.05) is 5.16 Å². The third-order valence-corrected chi connectivity index (χ3v) is 4.23. The molecule has 134 valence electrons. The van der Waals surface area contributed by atoms with Gasteiger partial charge in [0.25, 0.3) is 0 Å². The van der Waals surface area contributed by atoms with Gasteiger partial charge < -0.3 is 14.7 Å². The predicted octanol–water partition coefficient (Wildman–Crippen LogP) is 0.151. The van der Waals surface area contributed by atoms with E-state index in [9.17, 15) is 9.59 Å². The molecule has 2 aromatic rings. The molecule has 1 aliphatic rings. The number of piperazine rings is 1. The number of amides is 2. The van der Waals surface area contributed by atoms with Crippen molar-refractivity contribution in [3.63, 3.8) is 0 Å². The van der Waals surface area contributed by atoms with Crippen molar-refractivity contribution in [2.75, 3.05) is 13.1 Å². The van der Waals surface area contributed by atoms with Crippen LogP contribution in [0.25, 0.3) is 0 Å². The summed E-state index contributed by atoms with van der Waals surface area (Å²) in [6, 6.07) is 1.35. The number of aromatic nitrogens is 4. The summed E-state index contributed by atoms with van der Waals surface area (Å²) in [6.07, 6.45) is 0.507. The van der Waals surface area contributed by atoms with E-state index in [-0.39, 0.29) is 24.7 Å². The Morgan fingerprint density at radius 1 is 1.40 bits per heavy atom. The third kappa shape index (κ3) is 3.86. The van der Waals surface area contributed by atoms with Gasteiger partial charge in [0.1, 0.15) is 6.04 Å². The minimum atomic E-state index is -0.624. The number of hydrogen-bond donors (Lipinski definition) is 1. The summed E-state index contributed by atoms with van der Waals surface area (Å²) in [6.45, 7) is 7.00. The van der Waals surface area contributed by atoms with Crippen molar-refractivity contribution in [3.8, 4) is 0 Å². The number of nitrogens with one attached hydrogen (secondary N) is 1. The van der Waals surface area contributed by atoms with Gasteiger partial charge in [-0.25, -0.2) is 0 Å². The molecule has 25 heavy (non-hydrogen) atoms. The highest BCUT2D eigenvalue weighted by Gasteiger charge is 2.34. The lowest BCUT2D eigenvalue weighted by Gasteiger charge is -2.34. The molecule has 0 radical (unpaired) electrons. The summed E-state index contributed by atoms with van der Waals surface area (Å²) in [4.78, 5) is 30.7. The zero-order valence-electron chi connectivity index (χ0n) is 14.7. The highest BCUT2D eigenvalue weighted by Crippen LogP contribution is 2.13. The Kier molecular flexibility index (Phi) is 4.82. The largest absolute Gasteiger partial charge is 0.353 e. The van der Waals surface area contributed by atoms with Crippen LogP contribution in [0.3, 0.4) is 0 Å². The Morgan fingerprint density at radius 2 is 2.20 bits per heavy atom. The molecule has 0 bridgehead atoms. The van der Waals surface area contributed by atoms with Crippen molar-refractivity contribution < 1.29 is 14.1 Å². The number of aryl methyl sites for hydroxylation is 4. The standard InChI is InChI=1S/C16H22N6O3/c1-10-8-11(2)22(19-10)6-4-15(23)21-7-5-17-16(24)13(21)9-14-18-12(3)20-25-14/h8,13H,4-7,9H2,1-3H3,(H,17,24). The lowest BCUT2D eigenvalue weighted by atomic mass is 10.1. The molecule has 1 N–H and O–H groups in total. The van der Waals surface area contributed by atoms with Gasteiger partial charge in [0.2, 0.25) is 17.7 Å². The van der Waals surface area contributed by atoms with Crippen LogP contribution in [-0.4, -0.2) is 55.8 Å². The fraction of sp³-hybridized carbons (Fsp3) is 0.562. The molecule has 0 spiro atoms. The Hall–Kier alpha value is -2.71. The summed E-state index contributed by atoms with van der Waals surface area (Å²) in [5, 5.41) is 10.9. The Labute approximate surface area is 145 Å². The minimum Gasteiger partial charge on any atom is -0.353 e. The van der Waals surface area contributed by atoms with Gasteiger partial charge in [0.15, 0.2) is 5.82 Å². The first-order valence-corrected chi connectivity index (χ1v) is 8.31. The molecule has 0 aromatic carbocycles. The second-order valence-electron chi connectivity index (χ2n) is 6.23. The van der Waals surface area contributed by atoms with Crippen LogP contribution >= 0.6 is 0 Å². The van der Waals surface area contributed by atoms with Crippen LogP contribution in [0.15, 0.2) is 10.6 Å². The first-order chi connectivity index (χ1) is 11.9. The van der Waals surface area contributed by atoms with E-state index < -0.39 is 6.04 Å². The molecule has 9 heteroatoms. The molecule has 3 rings (SSSR count). The molecule has 3 heterocycles. The summed E-state index contributed by atoms with van der Waals surface area (Å²) < 4.78 is 6.91. The average molecular weight is 346 g/mol. The van der Waals surface area contributed by atoms with E-state index in [1.807, 2.05) is 24.6 Å². The number of nitrogens with zero attached hydrogens (tertiary/aromatic N) is 5. The van der Waals surface area contributed by atoms with Crippen molar-refractivity contribution in [2.24, 2.45) is 0 Å². The maximum Gasteiger partial charge on any atom is 0.243 e. The molecule has 1 unspecified atom stereocenters. The van der Waals surface area contributed by atoms with Gasteiger partial charge in [0.05, 0.1) is 12.1 Å². The Bertz CT molecular complexity index is 781.